The highest BCUT2D eigenvalue weighted by atomic mass is 16.5. The molecule has 3 aromatic rings. The number of carbonyl (C=O) groups is 1. The number of rotatable bonds is 5. The van der Waals surface area contributed by atoms with Gasteiger partial charge in [-0.25, -0.2) is 4.79 Å². The molecule has 0 spiro atoms. The molecule has 0 fully saturated rings. The molecule has 1 aromatic heterocycles. The highest BCUT2D eigenvalue weighted by molar-refractivity contribution is 5.97. The zero-order chi connectivity index (χ0) is 16.2. The third-order valence-electron chi connectivity index (χ3n) is 3.76. The van der Waals surface area contributed by atoms with Gasteiger partial charge in [0.05, 0.1) is 6.61 Å². The van der Waals surface area contributed by atoms with Crippen LogP contribution in [0.25, 0.3) is 10.9 Å². The molecule has 0 radical (unpaired) electrons. The van der Waals surface area contributed by atoms with Crippen molar-refractivity contribution < 1.29 is 14.3 Å². The summed E-state index contributed by atoms with van der Waals surface area (Å²) in [5.41, 5.74) is 3.63. The Bertz CT molecular complexity index is 836. The SMILES string of the molecule is CCOC(=O)c1cc2c(OCc3ccccc3C)cccc2[nH]1. The molecule has 1 N–H and O–H groups in total. The van der Waals surface area contributed by atoms with Gasteiger partial charge in [0.25, 0.3) is 0 Å². The third kappa shape index (κ3) is 3.21. The Kier molecular flexibility index (Phi) is 4.33. The highest BCUT2D eigenvalue weighted by Crippen LogP contribution is 2.27. The summed E-state index contributed by atoms with van der Waals surface area (Å²) in [5, 5.41) is 0.879. The van der Waals surface area contributed by atoms with Gasteiger partial charge in [-0.15, -0.1) is 0 Å². The quantitative estimate of drug-likeness (QED) is 0.717. The molecule has 0 saturated carbocycles. The van der Waals surface area contributed by atoms with E-state index in [-0.39, 0.29) is 5.97 Å². The standard InChI is InChI=1S/C19H19NO3/c1-3-22-19(21)17-11-15-16(20-17)9-6-10-18(15)23-12-14-8-5-4-7-13(14)2/h4-11,20H,3,12H2,1-2H3. The molecule has 0 aliphatic carbocycles. The van der Waals surface area contributed by atoms with Crippen molar-refractivity contribution in [2.45, 2.75) is 20.5 Å². The lowest BCUT2D eigenvalue weighted by atomic mass is 10.1. The Morgan fingerprint density at radius 1 is 1.13 bits per heavy atom. The Morgan fingerprint density at radius 2 is 1.96 bits per heavy atom. The van der Waals surface area contributed by atoms with E-state index in [9.17, 15) is 4.79 Å². The van der Waals surface area contributed by atoms with E-state index in [1.54, 1.807) is 13.0 Å². The molecule has 0 aliphatic heterocycles. The second kappa shape index (κ2) is 6.57. The number of aromatic amines is 1. The van der Waals surface area contributed by atoms with Gasteiger partial charge in [0.1, 0.15) is 18.1 Å². The summed E-state index contributed by atoms with van der Waals surface area (Å²) < 4.78 is 11.0. The van der Waals surface area contributed by atoms with Crippen LogP contribution in [0.3, 0.4) is 0 Å². The maximum atomic E-state index is 11.9. The first-order valence-corrected chi connectivity index (χ1v) is 7.65. The zero-order valence-corrected chi connectivity index (χ0v) is 13.3. The molecular formula is C19H19NO3. The maximum absolute atomic E-state index is 11.9. The fraction of sp³-hybridized carbons (Fsp3) is 0.211. The van der Waals surface area contributed by atoms with Crippen LogP contribution in [0.1, 0.15) is 28.5 Å². The van der Waals surface area contributed by atoms with Crippen LogP contribution in [0.4, 0.5) is 0 Å². The van der Waals surface area contributed by atoms with Gasteiger partial charge in [0.2, 0.25) is 0 Å². The lowest BCUT2D eigenvalue weighted by Crippen LogP contribution is -2.04. The number of H-pyrrole nitrogens is 1. The lowest BCUT2D eigenvalue weighted by Gasteiger charge is -2.09. The van der Waals surface area contributed by atoms with Gasteiger partial charge in [-0.1, -0.05) is 30.3 Å². The number of aryl methyl sites for hydroxylation is 1. The van der Waals surface area contributed by atoms with Crippen molar-refractivity contribution in [1.82, 2.24) is 4.98 Å². The van der Waals surface area contributed by atoms with Gasteiger partial charge in [-0.2, -0.15) is 0 Å². The first-order chi connectivity index (χ1) is 11.2. The van der Waals surface area contributed by atoms with E-state index in [0.717, 1.165) is 22.2 Å². The number of ether oxygens (including phenoxy) is 2. The predicted octanol–water partition coefficient (Wildman–Crippen LogP) is 4.23. The number of carbonyl (C=O) groups excluding carboxylic acids is 1. The molecule has 0 amide bonds. The van der Waals surface area contributed by atoms with Crippen LogP contribution in [0, 0.1) is 6.92 Å². The van der Waals surface area contributed by atoms with E-state index in [2.05, 4.69) is 24.0 Å². The van der Waals surface area contributed by atoms with Crippen LogP contribution in [0.2, 0.25) is 0 Å². The number of aromatic nitrogens is 1. The predicted molar refractivity (Wildman–Crippen MR) is 89.8 cm³/mol. The average molecular weight is 309 g/mol. The average Bonchev–Trinajstić information content (AvgIpc) is 2.99. The van der Waals surface area contributed by atoms with Crippen molar-refractivity contribution in [3.05, 3.63) is 65.4 Å². The van der Waals surface area contributed by atoms with E-state index in [1.165, 1.54) is 5.56 Å². The van der Waals surface area contributed by atoms with Crippen LogP contribution in [-0.2, 0) is 11.3 Å². The number of nitrogens with one attached hydrogen (secondary N) is 1. The molecule has 0 unspecified atom stereocenters. The van der Waals surface area contributed by atoms with E-state index >= 15 is 0 Å². The largest absolute Gasteiger partial charge is 0.488 e. The normalized spacial score (nSPS) is 10.7. The summed E-state index contributed by atoms with van der Waals surface area (Å²) in [6.45, 7) is 4.70. The van der Waals surface area contributed by atoms with Crippen LogP contribution in [-0.4, -0.2) is 17.6 Å². The molecule has 0 bridgehead atoms. The van der Waals surface area contributed by atoms with Gasteiger partial charge >= 0.3 is 5.97 Å². The van der Waals surface area contributed by atoms with Gasteiger partial charge < -0.3 is 14.5 Å². The zero-order valence-electron chi connectivity index (χ0n) is 13.3. The maximum Gasteiger partial charge on any atom is 0.354 e. The van der Waals surface area contributed by atoms with Crippen LogP contribution in [0.5, 0.6) is 5.75 Å². The lowest BCUT2D eigenvalue weighted by molar-refractivity contribution is 0.0520. The Morgan fingerprint density at radius 3 is 2.74 bits per heavy atom. The van der Waals surface area contributed by atoms with Crippen molar-refractivity contribution in [2.24, 2.45) is 0 Å². The Balaban J connectivity index is 1.86. The van der Waals surface area contributed by atoms with Crippen molar-refractivity contribution in [3.8, 4) is 5.75 Å². The monoisotopic (exact) mass is 309 g/mol. The molecule has 1 heterocycles. The van der Waals surface area contributed by atoms with Crippen molar-refractivity contribution >= 4 is 16.9 Å². The molecule has 23 heavy (non-hydrogen) atoms. The van der Waals surface area contributed by atoms with Crippen LogP contribution >= 0.6 is 0 Å². The second-order valence-electron chi connectivity index (χ2n) is 5.34. The van der Waals surface area contributed by atoms with Crippen LogP contribution < -0.4 is 4.74 Å². The van der Waals surface area contributed by atoms with Gasteiger partial charge in [0.15, 0.2) is 0 Å². The van der Waals surface area contributed by atoms with Crippen molar-refractivity contribution in [1.29, 1.82) is 0 Å². The van der Waals surface area contributed by atoms with Crippen molar-refractivity contribution in [3.63, 3.8) is 0 Å². The summed E-state index contributed by atoms with van der Waals surface area (Å²) in [6.07, 6.45) is 0. The first kappa shape index (κ1) is 15.2. The minimum absolute atomic E-state index is 0.352. The topological polar surface area (TPSA) is 51.3 Å². The fourth-order valence-electron chi connectivity index (χ4n) is 2.50. The second-order valence-corrected chi connectivity index (χ2v) is 5.34. The molecule has 0 aliphatic rings. The highest BCUT2D eigenvalue weighted by Gasteiger charge is 2.13. The smallest absolute Gasteiger partial charge is 0.354 e. The van der Waals surface area contributed by atoms with Crippen molar-refractivity contribution in [2.75, 3.05) is 6.61 Å². The number of fused-ring (bicyclic) bond motifs is 1. The fourth-order valence-corrected chi connectivity index (χ4v) is 2.50. The summed E-state index contributed by atoms with van der Waals surface area (Å²) >= 11 is 0. The van der Waals surface area contributed by atoms with Gasteiger partial charge in [-0.3, -0.25) is 0 Å². The molecule has 4 nitrogen and oxygen atoms in total. The van der Waals surface area contributed by atoms with Gasteiger partial charge in [-0.05, 0) is 43.2 Å². The molecule has 0 saturated heterocycles. The summed E-state index contributed by atoms with van der Waals surface area (Å²) in [5.74, 6) is 0.395. The van der Waals surface area contributed by atoms with Crippen LogP contribution in [0.15, 0.2) is 48.5 Å². The number of esters is 1. The number of hydrogen-bond donors (Lipinski definition) is 1. The molecule has 118 valence electrons. The molecular weight excluding hydrogens is 290 g/mol. The van der Waals surface area contributed by atoms with E-state index in [4.69, 9.17) is 9.47 Å². The molecule has 0 atom stereocenters. The Labute approximate surface area is 135 Å². The Hall–Kier alpha value is -2.75. The minimum atomic E-state index is -0.353. The van der Waals surface area contributed by atoms with E-state index < -0.39 is 0 Å². The molecule has 3 rings (SSSR count). The molecule has 2 aromatic carbocycles. The summed E-state index contributed by atoms with van der Waals surface area (Å²) in [6, 6.07) is 15.6. The first-order valence-electron chi connectivity index (χ1n) is 7.65. The minimum Gasteiger partial charge on any atom is -0.488 e. The third-order valence-corrected chi connectivity index (χ3v) is 3.76. The molecule has 4 heteroatoms. The number of benzene rings is 2. The summed E-state index contributed by atoms with van der Waals surface area (Å²) in [7, 11) is 0. The number of hydrogen-bond acceptors (Lipinski definition) is 3. The van der Waals surface area contributed by atoms with E-state index in [1.807, 2.05) is 30.3 Å². The van der Waals surface area contributed by atoms with E-state index in [0.29, 0.717) is 18.9 Å². The summed E-state index contributed by atoms with van der Waals surface area (Å²) in [4.78, 5) is 14.9. The van der Waals surface area contributed by atoms with Gasteiger partial charge in [0, 0.05) is 10.9 Å².